The lowest BCUT2D eigenvalue weighted by Crippen LogP contribution is -2.30. The summed E-state index contributed by atoms with van der Waals surface area (Å²) in [4.78, 5) is 0. The maximum absolute atomic E-state index is 13.2. The predicted octanol–water partition coefficient (Wildman–Crippen LogP) is 3.66. The topological polar surface area (TPSA) is 38.0 Å². The zero-order chi connectivity index (χ0) is 11.6. The van der Waals surface area contributed by atoms with E-state index in [1.165, 1.54) is 12.1 Å². The molecular formula is C11H16ClFN2. The average molecular weight is 231 g/mol. The number of hydrogen-bond acceptors (Lipinski definition) is 2. The summed E-state index contributed by atoms with van der Waals surface area (Å²) in [5.41, 5.74) is 6.67. The summed E-state index contributed by atoms with van der Waals surface area (Å²) in [5, 5.41) is 3.23. The van der Waals surface area contributed by atoms with Crippen LogP contribution < -0.4 is 11.1 Å². The van der Waals surface area contributed by atoms with Gasteiger partial charge in [0.15, 0.2) is 0 Å². The van der Waals surface area contributed by atoms with Crippen LogP contribution in [-0.4, -0.2) is 5.54 Å². The Bertz CT molecular complexity index is 364. The van der Waals surface area contributed by atoms with Crippen LogP contribution in [0.2, 0.25) is 5.02 Å². The highest BCUT2D eigenvalue weighted by atomic mass is 35.5. The number of rotatable bonds is 3. The van der Waals surface area contributed by atoms with Crippen molar-refractivity contribution in [3.8, 4) is 0 Å². The summed E-state index contributed by atoms with van der Waals surface area (Å²) >= 11 is 5.61. The van der Waals surface area contributed by atoms with E-state index in [4.69, 9.17) is 17.3 Å². The quantitative estimate of drug-likeness (QED) is 0.778. The Labute approximate surface area is 94.6 Å². The summed E-state index contributed by atoms with van der Waals surface area (Å²) in [6.45, 7) is 6.10. The summed E-state index contributed by atoms with van der Waals surface area (Å²) < 4.78 is 13.2. The number of hydrogen-bond donors (Lipinski definition) is 2. The average Bonchev–Trinajstić information content (AvgIpc) is 2.14. The molecule has 0 spiro atoms. The van der Waals surface area contributed by atoms with Crippen LogP contribution in [-0.2, 0) is 0 Å². The van der Waals surface area contributed by atoms with Crippen LogP contribution in [0.3, 0.4) is 0 Å². The van der Waals surface area contributed by atoms with Crippen molar-refractivity contribution in [3.63, 3.8) is 0 Å². The first-order valence-electron chi connectivity index (χ1n) is 4.88. The molecule has 0 unspecified atom stereocenters. The van der Waals surface area contributed by atoms with E-state index >= 15 is 0 Å². The Morgan fingerprint density at radius 2 is 2.07 bits per heavy atom. The van der Waals surface area contributed by atoms with Crippen LogP contribution in [0.4, 0.5) is 15.8 Å². The molecule has 0 aliphatic carbocycles. The minimum atomic E-state index is -0.458. The van der Waals surface area contributed by atoms with Gasteiger partial charge in [-0.25, -0.2) is 4.39 Å². The van der Waals surface area contributed by atoms with Crippen molar-refractivity contribution in [2.24, 2.45) is 0 Å². The van der Waals surface area contributed by atoms with E-state index in [9.17, 15) is 4.39 Å². The highest BCUT2D eigenvalue weighted by molar-refractivity contribution is 6.31. The van der Waals surface area contributed by atoms with Crippen LogP contribution >= 0.6 is 11.6 Å². The Morgan fingerprint density at radius 1 is 1.47 bits per heavy atom. The molecule has 0 fully saturated rings. The van der Waals surface area contributed by atoms with E-state index in [1.807, 2.05) is 13.8 Å². The number of anilines is 2. The molecule has 0 amide bonds. The van der Waals surface area contributed by atoms with E-state index < -0.39 is 5.82 Å². The summed E-state index contributed by atoms with van der Waals surface area (Å²) in [6, 6.07) is 2.75. The van der Waals surface area contributed by atoms with Gasteiger partial charge >= 0.3 is 0 Å². The molecule has 0 aliphatic rings. The van der Waals surface area contributed by atoms with Crippen molar-refractivity contribution < 1.29 is 4.39 Å². The second-order valence-corrected chi connectivity index (χ2v) is 4.62. The van der Waals surface area contributed by atoms with Gasteiger partial charge in [-0.3, -0.25) is 0 Å². The summed E-state index contributed by atoms with van der Waals surface area (Å²) in [7, 11) is 0. The first kappa shape index (κ1) is 12.1. The SMILES string of the molecule is CCC(C)(C)Nc1cc(F)c(Cl)cc1N. The second kappa shape index (κ2) is 4.27. The molecule has 4 heteroatoms. The maximum atomic E-state index is 13.2. The van der Waals surface area contributed by atoms with Gasteiger partial charge in [0, 0.05) is 11.6 Å². The number of benzene rings is 1. The molecule has 0 bridgehead atoms. The lowest BCUT2D eigenvalue weighted by atomic mass is 10.0. The number of nitrogens with one attached hydrogen (secondary N) is 1. The normalized spacial score (nSPS) is 11.5. The highest BCUT2D eigenvalue weighted by Gasteiger charge is 2.16. The lowest BCUT2D eigenvalue weighted by Gasteiger charge is -2.26. The van der Waals surface area contributed by atoms with Crippen molar-refractivity contribution in [1.29, 1.82) is 0 Å². The molecule has 0 saturated heterocycles. The van der Waals surface area contributed by atoms with Gasteiger partial charge in [-0.1, -0.05) is 18.5 Å². The largest absolute Gasteiger partial charge is 0.397 e. The Balaban J connectivity index is 3.01. The molecule has 0 atom stereocenters. The van der Waals surface area contributed by atoms with Gasteiger partial charge in [-0.05, 0) is 26.3 Å². The van der Waals surface area contributed by atoms with E-state index in [2.05, 4.69) is 12.2 Å². The lowest BCUT2D eigenvalue weighted by molar-refractivity contribution is 0.546. The van der Waals surface area contributed by atoms with Crippen molar-refractivity contribution in [2.45, 2.75) is 32.7 Å². The van der Waals surface area contributed by atoms with Gasteiger partial charge < -0.3 is 11.1 Å². The fourth-order valence-electron chi connectivity index (χ4n) is 1.12. The Hall–Kier alpha value is -0.960. The van der Waals surface area contributed by atoms with Crippen LogP contribution in [0, 0.1) is 5.82 Å². The first-order chi connectivity index (χ1) is 6.85. The van der Waals surface area contributed by atoms with Gasteiger partial charge in [0.05, 0.1) is 16.4 Å². The standard InChI is InChI=1S/C11H16ClFN2/c1-4-11(2,3)15-10-6-8(13)7(12)5-9(10)14/h5-6,15H,4,14H2,1-3H3. The molecule has 1 rings (SSSR count). The van der Waals surface area contributed by atoms with Crippen LogP contribution in [0.15, 0.2) is 12.1 Å². The molecule has 0 aliphatic heterocycles. The number of nitrogens with two attached hydrogens (primary N) is 1. The zero-order valence-electron chi connectivity index (χ0n) is 9.20. The van der Waals surface area contributed by atoms with Crippen LogP contribution in [0.25, 0.3) is 0 Å². The molecule has 0 heterocycles. The van der Waals surface area contributed by atoms with Crippen molar-refractivity contribution in [2.75, 3.05) is 11.1 Å². The molecule has 0 saturated carbocycles. The van der Waals surface area contributed by atoms with Crippen molar-refractivity contribution >= 4 is 23.0 Å². The van der Waals surface area contributed by atoms with Crippen molar-refractivity contribution in [1.82, 2.24) is 0 Å². The minimum absolute atomic E-state index is 0.0485. The third-order valence-corrected chi connectivity index (χ3v) is 2.74. The molecule has 3 N–H and O–H groups in total. The number of nitrogen functional groups attached to an aromatic ring is 1. The molecule has 15 heavy (non-hydrogen) atoms. The number of halogens is 2. The third kappa shape index (κ3) is 2.99. The minimum Gasteiger partial charge on any atom is -0.397 e. The van der Waals surface area contributed by atoms with E-state index in [-0.39, 0.29) is 10.6 Å². The molecule has 0 radical (unpaired) electrons. The molecule has 2 nitrogen and oxygen atoms in total. The third-order valence-electron chi connectivity index (χ3n) is 2.45. The Morgan fingerprint density at radius 3 is 2.60 bits per heavy atom. The first-order valence-corrected chi connectivity index (χ1v) is 5.26. The van der Waals surface area contributed by atoms with Crippen molar-refractivity contribution in [3.05, 3.63) is 23.0 Å². The van der Waals surface area contributed by atoms with E-state index in [0.717, 1.165) is 6.42 Å². The molecular weight excluding hydrogens is 215 g/mol. The van der Waals surface area contributed by atoms with Gasteiger partial charge in [-0.2, -0.15) is 0 Å². The fraction of sp³-hybridized carbons (Fsp3) is 0.455. The predicted molar refractivity (Wildman–Crippen MR) is 63.8 cm³/mol. The second-order valence-electron chi connectivity index (χ2n) is 4.22. The molecule has 0 aromatic heterocycles. The van der Waals surface area contributed by atoms with Gasteiger partial charge in [0.1, 0.15) is 5.82 Å². The summed E-state index contributed by atoms with van der Waals surface area (Å²) in [5.74, 6) is -0.458. The van der Waals surface area contributed by atoms with Gasteiger partial charge in [-0.15, -0.1) is 0 Å². The fourth-order valence-corrected chi connectivity index (χ4v) is 1.30. The molecule has 84 valence electrons. The molecule has 1 aromatic carbocycles. The van der Waals surface area contributed by atoms with Gasteiger partial charge in [0.2, 0.25) is 0 Å². The van der Waals surface area contributed by atoms with Crippen LogP contribution in [0.1, 0.15) is 27.2 Å². The maximum Gasteiger partial charge on any atom is 0.143 e. The highest BCUT2D eigenvalue weighted by Crippen LogP contribution is 2.28. The van der Waals surface area contributed by atoms with E-state index in [0.29, 0.717) is 11.4 Å². The Kier molecular flexibility index (Phi) is 3.45. The summed E-state index contributed by atoms with van der Waals surface area (Å²) in [6.07, 6.45) is 0.913. The monoisotopic (exact) mass is 230 g/mol. The van der Waals surface area contributed by atoms with E-state index in [1.54, 1.807) is 0 Å². The smallest absolute Gasteiger partial charge is 0.143 e. The van der Waals surface area contributed by atoms with Gasteiger partial charge in [0.25, 0.3) is 0 Å². The van der Waals surface area contributed by atoms with Crippen LogP contribution in [0.5, 0.6) is 0 Å². The molecule has 1 aromatic rings. The zero-order valence-corrected chi connectivity index (χ0v) is 9.95.